The van der Waals surface area contributed by atoms with E-state index in [1.807, 2.05) is 12.5 Å². The van der Waals surface area contributed by atoms with Crippen LogP contribution in [0.15, 0.2) is 12.5 Å². The molecule has 19 heavy (non-hydrogen) atoms. The van der Waals surface area contributed by atoms with Gasteiger partial charge in [0.1, 0.15) is 0 Å². The zero-order valence-electron chi connectivity index (χ0n) is 12.9. The van der Waals surface area contributed by atoms with Crippen LogP contribution in [0.2, 0.25) is 0 Å². The molecule has 3 nitrogen and oxygen atoms in total. The second kappa shape index (κ2) is 6.56. The average molecular weight is 263 g/mol. The molecule has 3 atom stereocenters. The zero-order chi connectivity index (χ0) is 13.8. The fraction of sp³-hybridized carbons (Fsp3) is 0.812. The molecule has 0 radical (unpaired) electrons. The van der Waals surface area contributed by atoms with E-state index >= 15 is 0 Å². The van der Waals surface area contributed by atoms with Gasteiger partial charge in [0.15, 0.2) is 0 Å². The minimum absolute atomic E-state index is 0.648. The van der Waals surface area contributed by atoms with Gasteiger partial charge >= 0.3 is 0 Å². The van der Waals surface area contributed by atoms with E-state index in [4.69, 9.17) is 0 Å². The smallest absolute Gasteiger partial charge is 0.0951 e. The van der Waals surface area contributed by atoms with Crippen molar-refractivity contribution >= 4 is 0 Å². The van der Waals surface area contributed by atoms with Crippen molar-refractivity contribution in [2.75, 3.05) is 6.54 Å². The van der Waals surface area contributed by atoms with Crippen LogP contribution in [0.5, 0.6) is 0 Å². The predicted molar refractivity (Wildman–Crippen MR) is 80.0 cm³/mol. The Morgan fingerprint density at radius 3 is 2.84 bits per heavy atom. The van der Waals surface area contributed by atoms with Crippen molar-refractivity contribution in [1.82, 2.24) is 14.9 Å². The largest absolute Gasteiger partial charge is 0.330 e. The summed E-state index contributed by atoms with van der Waals surface area (Å²) in [6.07, 6.45) is 8.06. The van der Waals surface area contributed by atoms with Gasteiger partial charge in [-0.2, -0.15) is 0 Å². The van der Waals surface area contributed by atoms with Gasteiger partial charge in [-0.25, -0.2) is 4.98 Å². The maximum absolute atomic E-state index is 4.37. The average Bonchev–Trinajstić information content (AvgIpc) is 2.77. The van der Waals surface area contributed by atoms with Gasteiger partial charge in [0.25, 0.3) is 0 Å². The molecule has 1 saturated carbocycles. The second-order valence-corrected chi connectivity index (χ2v) is 6.78. The van der Waals surface area contributed by atoms with E-state index in [-0.39, 0.29) is 0 Å². The van der Waals surface area contributed by atoms with Crippen LogP contribution in [0.3, 0.4) is 0 Å². The van der Waals surface area contributed by atoms with E-state index < -0.39 is 0 Å². The van der Waals surface area contributed by atoms with Gasteiger partial charge in [0.2, 0.25) is 0 Å². The molecule has 1 aliphatic rings. The molecular formula is C16H29N3. The van der Waals surface area contributed by atoms with Crippen molar-refractivity contribution in [2.45, 2.75) is 59.5 Å². The molecule has 0 spiro atoms. The van der Waals surface area contributed by atoms with Crippen molar-refractivity contribution < 1.29 is 0 Å². The van der Waals surface area contributed by atoms with E-state index in [0.29, 0.717) is 12.0 Å². The monoisotopic (exact) mass is 263 g/mol. The highest BCUT2D eigenvalue weighted by Gasteiger charge is 2.27. The summed E-state index contributed by atoms with van der Waals surface area (Å²) in [5.41, 5.74) is 1.34. The van der Waals surface area contributed by atoms with Crippen LogP contribution < -0.4 is 5.32 Å². The predicted octanol–water partition coefficient (Wildman–Crippen LogP) is 3.63. The molecule has 1 aromatic heterocycles. The van der Waals surface area contributed by atoms with Gasteiger partial charge < -0.3 is 9.88 Å². The zero-order valence-corrected chi connectivity index (χ0v) is 12.9. The molecule has 2 rings (SSSR count). The van der Waals surface area contributed by atoms with Crippen LogP contribution in [0.1, 0.15) is 58.7 Å². The second-order valence-electron chi connectivity index (χ2n) is 6.78. The summed E-state index contributed by atoms with van der Waals surface area (Å²) >= 11 is 0. The first-order valence-electron chi connectivity index (χ1n) is 7.79. The molecule has 3 heteroatoms. The summed E-state index contributed by atoms with van der Waals surface area (Å²) in [7, 11) is 0. The van der Waals surface area contributed by atoms with Crippen LogP contribution in [-0.4, -0.2) is 16.1 Å². The van der Waals surface area contributed by atoms with Crippen LogP contribution in [0, 0.1) is 17.8 Å². The highest BCUT2D eigenvalue weighted by molar-refractivity contribution is 5.01. The quantitative estimate of drug-likeness (QED) is 0.879. The highest BCUT2D eigenvalue weighted by atomic mass is 15.1. The van der Waals surface area contributed by atoms with Crippen molar-refractivity contribution in [3.63, 3.8) is 0 Å². The van der Waals surface area contributed by atoms with Crippen LogP contribution in [-0.2, 0) is 6.54 Å². The lowest BCUT2D eigenvalue weighted by Crippen LogP contribution is -2.27. The van der Waals surface area contributed by atoms with Gasteiger partial charge in [0, 0.05) is 18.8 Å². The molecule has 0 aromatic carbocycles. The summed E-state index contributed by atoms with van der Waals surface area (Å²) in [5.74, 6) is 2.35. The van der Waals surface area contributed by atoms with Crippen molar-refractivity contribution in [3.05, 3.63) is 18.2 Å². The van der Waals surface area contributed by atoms with Crippen LogP contribution in [0.25, 0.3) is 0 Å². The third kappa shape index (κ3) is 3.82. The summed E-state index contributed by atoms with van der Waals surface area (Å²) in [6.45, 7) is 11.3. The highest BCUT2D eigenvalue weighted by Crippen LogP contribution is 2.37. The molecule has 0 saturated heterocycles. The first-order chi connectivity index (χ1) is 9.08. The molecule has 1 N–H and O–H groups in total. The Bertz CT molecular complexity index is 383. The number of hydrogen-bond acceptors (Lipinski definition) is 2. The number of rotatable bonds is 5. The lowest BCUT2D eigenvalue weighted by molar-refractivity contribution is 0.204. The first-order valence-corrected chi connectivity index (χ1v) is 7.79. The van der Waals surface area contributed by atoms with Gasteiger partial charge in [-0.15, -0.1) is 0 Å². The standard InChI is InChI=1S/C16H29N3/c1-12(2)8-17-9-15-10-18-11-19(15)16-6-5-13(3)7-14(16)4/h10-14,16-17H,5-9H2,1-4H3. The lowest BCUT2D eigenvalue weighted by atomic mass is 9.79. The number of aromatic nitrogens is 2. The Kier molecular flexibility index (Phi) is 5.03. The van der Waals surface area contributed by atoms with Crippen LogP contribution >= 0.6 is 0 Å². The molecule has 108 valence electrons. The van der Waals surface area contributed by atoms with Crippen molar-refractivity contribution in [3.8, 4) is 0 Å². The summed E-state index contributed by atoms with van der Waals surface area (Å²) in [4.78, 5) is 4.37. The van der Waals surface area contributed by atoms with E-state index in [0.717, 1.165) is 24.9 Å². The number of nitrogens with zero attached hydrogens (tertiary/aromatic N) is 2. The fourth-order valence-electron chi connectivity index (χ4n) is 3.32. The van der Waals surface area contributed by atoms with Gasteiger partial charge in [-0.05, 0) is 43.6 Å². The summed E-state index contributed by atoms with van der Waals surface area (Å²) < 4.78 is 2.42. The molecule has 3 unspecified atom stereocenters. The van der Waals surface area contributed by atoms with Gasteiger partial charge in [-0.1, -0.05) is 27.7 Å². The Labute approximate surface area is 117 Å². The normalized spacial score (nSPS) is 27.9. The van der Waals surface area contributed by atoms with E-state index in [2.05, 4.69) is 42.6 Å². The molecule has 0 amide bonds. The maximum Gasteiger partial charge on any atom is 0.0951 e. The molecule has 0 bridgehead atoms. The first kappa shape index (κ1) is 14.6. The van der Waals surface area contributed by atoms with E-state index in [9.17, 15) is 0 Å². The summed E-state index contributed by atoms with van der Waals surface area (Å²) in [6, 6.07) is 0.648. The molecule has 1 aliphatic carbocycles. The molecule has 0 aliphatic heterocycles. The Hall–Kier alpha value is -0.830. The maximum atomic E-state index is 4.37. The summed E-state index contributed by atoms with van der Waals surface area (Å²) in [5, 5.41) is 3.53. The SMILES string of the molecule is CC(C)CNCc1cncn1C1CCC(C)CC1C. The molecule has 1 heterocycles. The van der Waals surface area contributed by atoms with E-state index in [1.54, 1.807) is 0 Å². The lowest BCUT2D eigenvalue weighted by Gasteiger charge is -2.34. The number of hydrogen-bond donors (Lipinski definition) is 1. The third-order valence-electron chi connectivity index (χ3n) is 4.35. The number of imidazole rings is 1. The van der Waals surface area contributed by atoms with Crippen molar-refractivity contribution in [2.24, 2.45) is 17.8 Å². The third-order valence-corrected chi connectivity index (χ3v) is 4.35. The van der Waals surface area contributed by atoms with Gasteiger partial charge in [0.05, 0.1) is 12.0 Å². The Morgan fingerprint density at radius 2 is 2.16 bits per heavy atom. The molecular weight excluding hydrogens is 234 g/mol. The van der Waals surface area contributed by atoms with Gasteiger partial charge in [-0.3, -0.25) is 0 Å². The van der Waals surface area contributed by atoms with Crippen molar-refractivity contribution in [1.29, 1.82) is 0 Å². The number of nitrogens with one attached hydrogen (secondary N) is 1. The minimum Gasteiger partial charge on any atom is -0.330 e. The Balaban J connectivity index is 1.98. The fourth-order valence-corrected chi connectivity index (χ4v) is 3.32. The van der Waals surface area contributed by atoms with E-state index in [1.165, 1.54) is 25.0 Å². The topological polar surface area (TPSA) is 29.9 Å². The molecule has 1 fully saturated rings. The minimum atomic E-state index is 0.648. The Morgan fingerprint density at radius 1 is 1.37 bits per heavy atom. The molecule has 1 aromatic rings. The van der Waals surface area contributed by atoms with Crippen LogP contribution in [0.4, 0.5) is 0 Å².